The minimum atomic E-state index is 0.0185. The molecule has 0 radical (unpaired) electrons. The smallest absolute Gasteiger partial charge is 0.239 e. The topological polar surface area (TPSA) is 72.9 Å². The molecule has 0 saturated carbocycles. The third kappa shape index (κ3) is 4.02. The molecule has 1 rings (SSSR count). The van der Waals surface area contributed by atoms with Crippen molar-refractivity contribution in [3.63, 3.8) is 0 Å². The Morgan fingerprint density at radius 2 is 2.38 bits per heavy atom. The van der Waals surface area contributed by atoms with E-state index in [1.165, 1.54) is 0 Å². The highest BCUT2D eigenvalue weighted by Crippen LogP contribution is 1.99. The second-order valence-electron chi connectivity index (χ2n) is 4.25. The highest BCUT2D eigenvalue weighted by molar-refractivity contribution is 5.75. The maximum absolute atomic E-state index is 11.6. The van der Waals surface area contributed by atoms with E-state index in [1.54, 1.807) is 12.5 Å². The lowest BCUT2D eigenvalue weighted by Crippen LogP contribution is -2.31. The number of nitrogens with zero attached hydrogens (tertiary/aromatic N) is 2. The summed E-state index contributed by atoms with van der Waals surface area (Å²) >= 11 is 0. The van der Waals surface area contributed by atoms with Crippen molar-refractivity contribution in [3.8, 4) is 0 Å². The molecule has 3 N–H and O–H groups in total. The standard InChI is InChI=1S/C11H20N4O/c1-9(2)5-14-11(16)7-15-8-13-6-10(15)3-4-12/h6,8-9H,3-5,7,12H2,1-2H3,(H,14,16). The first-order valence-corrected chi connectivity index (χ1v) is 5.59. The van der Waals surface area contributed by atoms with Crippen LogP contribution in [0.5, 0.6) is 0 Å². The van der Waals surface area contributed by atoms with Gasteiger partial charge >= 0.3 is 0 Å². The van der Waals surface area contributed by atoms with E-state index in [-0.39, 0.29) is 5.91 Å². The summed E-state index contributed by atoms with van der Waals surface area (Å²) in [6, 6.07) is 0. The molecule has 0 atom stereocenters. The van der Waals surface area contributed by atoms with E-state index < -0.39 is 0 Å². The number of carbonyl (C=O) groups is 1. The number of hydrogen-bond donors (Lipinski definition) is 2. The first-order valence-electron chi connectivity index (χ1n) is 5.59. The quantitative estimate of drug-likeness (QED) is 0.722. The molecule has 16 heavy (non-hydrogen) atoms. The van der Waals surface area contributed by atoms with Crippen LogP contribution in [0.25, 0.3) is 0 Å². The lowest BCUT2D eigenvalue weighted by Gasteiger charge is -2.09. The Labute approximate surface area is 96.0 Å². The van der Waals surface area contributed by atoms with Gasteiger partial charge < -0.3 is 15.6 Å². The van der Waals surface area contributed by atoms with Crippen LogP contribution in [0.1, 0.15) is 19.5 Å². The first-order chi connectivity index (χ1) is 7.63. The number of amides is 1. The summed E-state index contributed by atoms with van der Waals surface area (Å²) in [5.41, 5.74) is 6.48. The molecule has 5 heteroatoms. The Morgan fingerprint density at radius 1 is 1.62 bits per heavy atom. The number of carbonyl (C=O) groups excluding carboxylic acids is 1. The Hall–Kier alpha value is -1.36. The molecule has 0 unspecified atom stereocenters. The molecule has 0 aliphatic carbocycles. The summed E-state index contributed by atoms with van der Waals surface area (Å²) in [7, 11) is 0. The minimum Gasteiger partial charge on any atom is -0.354 e. The summed E-state index contributed by atoms with van der Waals surface area (Å²) in [6.45, 7) is 5.73. The SMILES string of the molecule is CC(C)CNC(=O)Cn1cncc1CCN. The van der Waals surface area contributed by atoms with Gasteiger partial charge in [-0.2, -0.15) is 0 Å². The molecule has 0 aliphatic rings. The Morgan fingerprint density at radius 3 is 3.00 bits per heavy atom. The third-order valence-corrected chi connectivity index (χ3v) is 2.22. The molecule has 1 heterocycles. The minimum absolute atomic E-state index is 0.0185. The second-order valence-corrected chi connectivity index (χ2v) is 4.25. The highest BCUT2D eigenvalue weighted by Gasteiger charge is 2.06. The summed E-state index contributed by atoms with van der Waals surface area (Å²) in [4.78, 5) is 15.6. The van der Waals surface area contributed by atoms with Gasteiger partial charge in [-0.3, -0.25) is 4.79 Å². The Balaban J connectivity index is 2.46. The van der Waals surface area contributed by atoms with Gasteiger partial charge in [-0.1, -0.05) is 13.8 Å². The van der Waals surface area contributed by atoms with Crippen LogP contribution < -0.4 is 11.1 Å². The average molecular weight is 224 g/mol. The summed E-state index contributed by atoms with van der Waals surface area (Å²) in [5.74, 6) is 0.486. The monoisotopic (exact) mass is 224 g/mol. The lowest BCUT2D eigenvalue weighted by molar-refractivity contribution is -0.121. The van der Waals surface area contributed by atoms with Gasteiger partial charge in [-0.25, -0.2) is 4.98 Å². The summed E-state index contributed by atoms with van der Waals surface area (Å²) in [5, 5.41) is 2.87. The maximum atomic E-state index is 11.6. The molecule has 5 nitrogen and oxygen atoms in total. The van der Waals surface area contributed by atoms with Gasteiger partial charge in [0.25, 0.3) is 0 Å². The molecule has 0 saturated heterocycles. The van der Waals surface area contributed by atoms with E-state index in [9.17, 15) is 4.79 Å². The Kier molecular flexibility index (Phi) is 4.98. The number of rotatable bonds is 6. The largest absolute Gasteiger partial charge is 0.354 e. The molecule has 1 amide bonds. The fraction of sp³-hybridized carbons (Fsp3) is 0.636. The van der Waals surface area contributed by atoms with E-state index in [4.69, 9.17) is 5.73 Å². The maximum Gasteiger partial charge on any atom is 0.239 e. The fourth-order valence-electron chi connectivity index (χ4n) is 1.38. The molecular weight excluding hydrogens is 204 g/mol. The zero-order chi connectivity index (χ0) is 12.0. The molecule has 0 fully saturated rings. The van der Waals surface area contributed by atoms with Crippen LogP contribution in [0.3, 0.4) is 0 Å². The van der Waals surface area contributed by atoms with E-state index in [0.717, 1.165) is 12.1 Å². The van der Waals surface area contributed by atoms with Crippen molar-refractivity contribution in [2.24, 2.45) is 11.7 Å². The number of nitrogens with one attached hydrogen (secondary N) is 1. The summed E-state index contributed by atoms with van der Waals surface area (Å²) in [6.07, 6.45) is 4.17. The fourth-order valence-corrected chi connectivity index (χ4v) is 1.38. The van der Waals surface area contributed by atoms with Crippen molar-refractivity contribution >= 4 is 5.91 Å². The number of imidazole rings is 1. The van der Waals surface area contributed by atoms with Crippen molar-refractivity contribution < 1.29 is 4.79 Å². The van der Waals surface area contributed by atoms with Crippen LogP contribution in [0, 0.1) is 5.92 Å². The van der Waals surface area contributed by atoms with Crippen LogP contribution in [-0.4, -0.2) is 28.5 Å². The van der Waals surface area contributed by atoms with Crippen molar-refractivity contribution in [2.75, 3.05) is 13.1 Å². The first kappa shape index (κ1) is 12.7. The van der Waals surface area contributed by atoms with Crippen molar-refractivity contribution in [3.05, 3.63) is 18.2 Å². The molecule has 0 aliphatic heterocycles. The normalized spacial score (nSPS) is 10.8. The van der Waals surface area contributed by atoms with E-state index in [0.29, 0.717) is 25.6 Å². The zero-order valence-electron chi connectivity index (χ0n) is 9.94. The molecule has 1 aromatic rings. The van der Waals surface area contributed by atoms with Gasteiger partial charge in [-0.05, 0) is 12.5 Å². The van der Waals surface area contributed by atoms with Crippen molar-refractivity contribution in [1.29, 1.82) is 0 Å². The number of nitrogens with two attached hydrogens (primary N) is 1. The van der Waals surface area contributed by atoms with E-state index in [2.05, 4.69) is 24.1 Å². The molecule has 0 bridgehead atoms. The van der Waals surface area contributed by atoms with E-state index >= 15 is 0 Å². The van der Waals surface area contributed by atoms with Gasteiger partial charge in [0.1, 0.15) is 6.54 Å². The third-order valence-electron chi connectivity index (χ3n) is 2.22. The van der Waals surface area contributed by atoms with Crippen LogP contribution in [0.2, 0.25) is 0 Å². The second kappa shape index (κ2) is 6.27. The van der Waals surface area contributed by atoms with E-state index in [1.807, 2.05) is 4.57 Å². The molecule has 1 aromatic heterocycles. The predicted octanol–water partition coefficient (Wildman–Crippen LogP) is 0.157. The average Bonchev–Trinajstić information content (AvgIpc) is 2.63. The van der Waals surface area contributed by atoms with Crippen LogP contribution in [-0.2, 0) is 17.8 Å². The van der Waals surface area contributed by atoms with Gasteiger partial charge in [0.15, 0.2) is 0 Å². The highest BCUT2D eigenvalue weighted by atomic mass is 16.1. The van der Waals surface area contributed by atoms with Gasteiger partial charge in [0.05, 0.1) is 6.33 Å². The van der Waals surface area contributed by atoms with Gasteiger partial charge in [0.2, 0.25) is 5.91 Å². The van der Waals surface area contributed by atoms with Crippen molar-refractivity contribution in [1.82, 2.24) is 14.9 Å². The van der Waals surface area contributed by atoms with Gasteiger partial charge in [-0.15, -0.1) is 0 Å². The van der Waals surface area contributed by atoms with Crippen LogP contribution >= 0.6 is 0 Å². The Bertz CT molecular complexity index is 332. The molecular formula is C11H20N4O. The molecule has 0 spiro atoms. The van der Waals surface area contributed by atoms with Crippen molar-refractivity contribution in [2.45, 2.75) is 26.8 Å². The molecule has 90 valence electrons. The van der Waals surface area contributed by atoms with Gasteiger partial charge in [0, 0.05) is 24.9 Å². The van der Waals surface area contributed by atoms with Crippen LogP contribution in [0.4, 0.5) is 0 Å². The number of aromatic nitrogens is 2. The zero-order valence-corrected chi connectivity index (χ0v) is 9.94. The summed E-state index contributed by atoms with van der Waals surface area (Å²) < 4.78 is 1.84. The number of hydrogen-bond acceptors (Lipinski definition) is 3. The molecule has 0 aromatic carbocycles. The predicted molar refractivity (Wildman–Crippen MR) is 62.8 cm³/mol. The lowest BCUT2D eigenvalue weighted by atomic mass is 10.2. The van der Waals surface area contributed by atoms with Crippen LogP contribution in [0.15, 0.2) is 12.5 Å².